The van der Waals surface area contributed by atoms with Crippen molar-refractivity contribution in [2.24, 2.45) is 0 Å². The van der Waals surface area contributed by atoms with Crippen molar-refractivity contribution >= 4 is 28.4 Å². The third-order valence-corrected chi connectivity index (χ3v) is 6.38. The Morgan fingerprint density at radius 1 is 0.914 bits per heavy atom. The van der Waals surface area contributed by atoms with Gasteiger partial charge in [0.05, 0.1) is 30.8 Å². The van der Waals surface area contributed by atoms with Gasteiger partial charge in [-0.3, -0.25) is 9.59 Å². The number of fused-ring (bicyclic) bond motifs is 2. The third-order valence-electron chi connectivity index (χ3n) is 6.38. The lowest BCUT2D eigenvalue weighted by atomic mass is 10.0. The molecule has 2 aliphatic heterocycles. The number of ether oxygens (including phenoxy) is 2. The average Bonchev–Trinajstić information content (AvgIpc) is 3.36. The molecule has 35 heavy (non-hydrogen) atoms. The molecule has 6 rings (SSSR count). The lowest BCUT2D eigenvalue weighted by molar-refractivity contribution is -0.142. The minimum atomic E-state index is -0.786. The molecule has 3 aromatic carbocycles. The second-order valence-corrected chi connectivity index (χ2v) is 8.54. The largest absolute Gasteiger partial charge is 0.476 e. The first-order valence-electron chi connectivity index (χ1n) is 11.6. The number of aromatic nitrogens is 1. The number of amides is 2. The van der Waals surface area contributed by atoms with Crippen LogP contribution in [0.5, 0.6) is 5.75 Å². The maximum absolute atomic E-state index is 13.8. The Morgan fingerprint density at radius 2 is 1.69 bits per heavy atom. The van der Waals surface area contributed by atoms with E-state index in [4.69, 9.17) is 14.0 Å². The third kappa shape index (κ3) is 3.91. The number of hydrogen-bond donors (Lipinski definition) is 0. The molecule has 176 valence electrons. The first kappa shape index (κ1) is 21.4. The Kier molecular flexibility index (Phi) is 5.42. The molecule has 0 bridgehead atoms. The van der Waals surface area contributed by atoms with Crippen molar-refractivity contribution in [2.45, 2.75) is 6.10 Å². The molecular weight excluding hydrogens is 446 g/mol. The number of carbonyl (C=O) groups is 2. The molecule has 0 spiro atoms. The lowest BCUT2D eigenvalue weighted by Crippen LogP contribution is -2.54. The highest BCUT2D eigenvalue weighted by Gasteiger charge is 2.36. The smallest absolute Gasteiger partial charge is 0.265 e. The highest BCUT2D eigenvalue weighted by molar-refractivity contribution is 6.10. The Morgan fingerprint density at radius 3 is 2.51 bits per heavy atom. The SMILES string of the molecule is O=C(C1CN(C(=O)c2ccc3noc(-c4ccccc4)c3c2)c2ccccc2O1)N1CCOCC1. The number of benzene rings is 3. The quantitative estimate of drug-likeness (QED) is 0.454. The minimum Gasteiger partial charge on any atom is -0.476 e. The van der Waals surface area contributed by atoms with Gasteiger partial charge in [0.15, 0.2) is 11.9 Å². The summed E-state index contributed by atoms with van der Waals surface area (Å²) < 4.78 is 17.0. The predicted octanol–water partition coefficient (Wildman–Crippen LogP) is 3.76. The van der Waals surface area contributed by atoms with Gasteiger partial charge >= 0.3 is 0 Å². The molecule has 1 saturated heterocycles. The van der Waals surface area contributed by atoms with Crippen LogP contribution in [0.1, 0.15) is 10.4 Å². The van der Waals surface area contributed by atoms with Crippen LogP contribution in [0.15, 0.2) is 77.3 Å². The fourth-order valence-electron chi connectivity index (χ4n) is 4.57. The molecule has 0 radical (unpaired) electrons. The van der Waals surface area contributed by atoms with Crippen molar-refractivity contribution in [1.82, 2.24) is 10.1 Å². The van der Waals surface area contributed by atoms with Gasteiger partial charge < -0.3 is 23.8 Å². The summed E-state index contributed by atoms with van der Waals surface area (Å²) in [7, 11) is 0. The summed E-state index contributed by atoms with van der Waals surface area (Å²) in [5, 5.41) is 4.90. The monoisotopic (exact) mass is 469 g/mol. The molecule has 0 saturated carbocycles. The molecule has 3 heterocycles. The van der Waals surface area contributed by atoms with Crippen molar-refractivity contribution < 1.29 is 23.6 Å². The molecule has 4 aromatic rings. The van der Waals surface area contributed by atoms with E-state index in [1.165, 1.54) is 0 Å². The number of morpholine rings is 1. The van der Waals surface area contributed by atoms with E-state index in [9.17, 15) is 9.59 Å². The number of rotatable bonds is 3. The zero-order valence-electron chi connectivity index (χ0n) is 18.9. The first-order chi connectivity index (χ1) is 17.2. The van der Waals surface area contributed by atoms with E-state index in [0.29, 0.717) is 54.6 Å². The average molecular weight is 469 g/mol. The summed E-state index contributed by atoms with van der Waals surface area (Å²) in [6.45, 7) is 2.15. The second-order valence-electron chi connectivity index (χ2n) is 8.54. The molecule has 0 aliphatic carbocycles. The molecule has 2 amide bonds. The van der Waals surface area contributed by atoms with Crippen molar-refractivity contribution in [3.05, 3.63) is 78.4 Å². The van der Waals surface area contributed by atoms with Gasteiger partial charge in [0.1, 0.15) is 11.3 Å². The van der Waals surface area contributed by atoms with Crippen molar-refractivity contribution in [2.75, 3.05) is 37.7 Å². The van der Waals surface area contributed by atoms with Crippen LogP contribution in [0.4, 0.5) is 5.69 Å². The zero-order chi connectivity index (χ0) is 23.8. The van der Waals surface area contributed by atoms with Crippen LogP contribution < -0.4 is 9.64 Å². The van der Waals surface area contributed by atoms with Crippen molar-refractivity contribution in [3.63, 3.8) is 0 Å². The fraction of sp³-hybridized carbons (Fsp3) is 0.222. The van der Waals surface area contributed by atoms with Crippen LogP contribution in [0.2, 0.25) is 0 Å². The topological polar surface area (TPSA) is 85.1 Å². The van der Waals surface area contributed by atoms with Gasteiger partial charge in [-0.1, -0.05) is 47.6 Å². The van der Waals surface area contributed by atoms with Gasteiger partial charge in [-0.2, -0.15) is 0 Å². The summed E-state index contributed by atoms with van der Waals surface area (Å²) in [4.78, 5) is 30.4. The second kappa shape index (κ2) is 8.88. The molecule has 1 aromatic heterocycles. The summed E-state index contributed by atoms with van der Waals surface area (Å²) in [5.74, 6) is 0.761. The molecule has 1 unspecified atom stereocenters. The van der Waals surface area contributed by atoms with Gasteiger partial charge in [-0.15, -0.1) is 0 Å². The molecule has 0 N–H and O–H groups in total. The molecule has 8 nitrogen and oxygen atoms in total. The number of anilines is 1. The van der Waals surface area contributed by atoms with Crippen LogP contribution >= 0.6 is 0 Å². The highest BCUT2D eigenvalue weighted by atomic mass is 16.5. The van der Waals surface area contributed by atoms with E-state index in [-0.39, 0.29) is 18.4 Å². The van der Waals surface area contributed by atoms with Gasteiger partial charge in [0, 0.05) is 24.2 Å². The van der Waals surface area contributed by atoms with E-state index < -0.39 is 6.10 Å². The Bertz CT molecular complexity index is 1390. The number of nitrogens with zero attached hydrogens (tertiary/aromatic N) is 3. The first-order valence-corrected chi connectivity index (χ1v) is 11.6. The maximum Gasteiger partial charge on any atom is 0.265 e. The van der Waals surface area contributed by atoms with Crippen LogP contribution in [0.3, 0.4) is 0 Å². The van der Waals surface area contributed by atoms with E-state index in [1.54, 1.807) is 34.1 Å². The summed E-state index contributed by atoms with van der Waals surface area (Å²) in [6, 6.07) is 22.3. The molecule has 1 atom stereocenters. The molecule has 1 fully saturated rings. The zero-order valence-corrected chi connectivity index (χ0v) is 18.9. The van der Waals surface area contributed by atoms with Gasteiger partial charge in [0.2, 0.25) is 0 Å². The normalized spacial score (nSPS) is 17.7. The molecule has 8 heteroatoms. The summed E-state index contributed by atoms with van der Waals surface area (Å²) in [5.41, 5.74) is 2.67. The van der Waals surface area contributed by atoms with Crippen LogP contribution in [-0.4, -0.2) is 60.8 Å². The Labute approximate surface area is 201 Å². The number of para-hydroxylation sites is 2. The molecular formula is C27H23N3O5. The highest BCUT2D eigenvalue weighted by Crippen LogP contribution is 2.35. The minimum absolute atomic E-state index is 0.124. The Hall–Kier alpha value is -4.17. The Balaban J connectivity index is 1.35. The number of hydrogen-bond acceptors (Lipinski definition) is 6. The van der Waals surface area contributed by atoms with E-state index in [0.717, 1.165) is 10.9 Å². The standard InChI is InChI=1S/C27H23N3O5/c31-26(19-10-11-21-20(16-19)25(35-28-21)18-6-2-1-3-7-18)30-17-24(27(32)29-12-14-33-15-13-29)34-23-9-5-4-8-22(23)30/h1-11,16,24H,12-15,17H2. The van der Waals surface area contributed by atoms with Crippen molar-refractivity contribution in [1.29, 1.82) is 0 Å². The fourth-order valence-corrected chi connectivity index (χ4v) is 4.57. The lowest BCUT2D eigenvalue weighted by Gasteiger charge is -2.37. The van der Waals surface area contributed by atoms with Crippen molar-refractivity contribution in [3.8, 4) is 17.1 Å². The van der Waals surface area contributed by atoms with E-state index in [1.807, 2.05) is 48.5 Å². The van der Waals surface area contributed by atoms with Crippen LogP contribution in [0, 0.1) is 0 Å². The van der Waals surface area contributed by atoms with Crippen LogP contribution in [0.25, 0.3) is 22.2 Å². The van der Waals surface area contributed by atoms with Gasteiger partial charge in [-0.05, 0) is 30.3 Å². The summed E-state index contributed by atoms with van der Waals surface area (Å²) >= 11 is 0. The number of carbonyl (C=O) groups excluding carboxylic acids is 2. The van der Waals surface area contributed by atoms with Crippen LogP contribution in [-0.2, 0) is 9.53 Å². The summed E-state index contributed by atoms with van der Waals surface area (Å²) in [6.07, 6.45) is -0.786. The van der Waals surface area contributed by atoms with E-state index >= 15 is 0 Å². The van der Waals surface area contributed by atoms with E-state index in [2.05, 4.69) is 5.16 Å². The maximum atomic E-state index is 13.8. The van der Waals surface area contributed by atoms with Gasteiger partial charge in [0.25, 0.3) is 11.8 Å². The molecule has 2 aliphatic rings. The van der Waals surface area contributed by atoms with Gasteiger partial charge in [-0.25, -0.2) is 0 Å². The predicted molar refractivity (Wildman–Crippen MR) is 129 cm³/mol.